The first-order valence-corrected chi connectivity index (χ1v) is 5.56. The van der Waals surface area contributed by atoms with Crippen LogP contribution in [-0.2, 0) is 9.53 Å². The van der Waals surface area contributed by atoms with Gasteiger partial charge in [-0.2, -0.15) is 0 Å². The molecule has 0 radical (unpaired) electrons. The Balaban J connectivity index is 3.02. The summed E-state index contributed by atoms with van der Waals surface area (Å²) in [7, 11) is 1.31. The van der Waals surface area contributed by atoms with Crippen LogP contribution in [0, 0.1) is 0 Å². The molecule has 3 nitrogen and oxygen atoms in total. The minimum Gasteiger partial charge on any atom is -0.465 e. The van der Waals surface area contributed by atoms with Crippen LogP contribution in [0.1, 0.15) is 6.92 Å². The molecule has 0 heterocycles. The highest BCUT2D eigenvalue weighted by Gasteiger charge is 2.36. The van der Waals surface area contributed by atoms with Gasteiger partial charge in [-0.05, 0) is 13.0 Å². The third-order valence-electron chi connectivity index (χ3n) is 2.05. The number of alkyl halides is 1. The van der Waals surface area contributed by atoms with Crippen molar-refractivity contribution in [1.82, 2.24) is 0 Å². The summed E-state index contributed by atoms with van der Waals surface area (Å²) in [6, 6.07) is 0. The van der Waals surface area contributed by atoms with Crippen molar-refractivity contribution < 1.29 is 14.6 Å². The lowest BCUT2D eigenvalue weighted by atomic mass is 9.94. The monoisotopic (exact) mass is 328 g/mol. The van der Waals surface area contributed by atoms with Gasteiger partial charge in [-0.1, -0.05) is 40.3 Å². The van der Waals surface area contributed by atoms with Crippen LogP contribution < -0.4 is 0 Å². The van der Waals surface area contributed by atoms with Gasteiger partial charge in [0.2, 0.25) is 0 Å². The first kappa shape index (κ1) is 12.0. The number of hydrogen-bond acceptors (Lipinski definition) is 3. The molecule has 0 bridgehead atoms. The van der Waals surface area contributed by atoms with Gasteiger partial charge in [0, 0.05) is 0 Å². The van der Waals surface area contributed by atoms with E-state index in [1.165, 1.54) is 13.2 Å². The number of rotatable bonds is 1. The van der Waals surface area contributed by atoms with E-state index in [4.69, 9.17) is 11.6 Å². The summed E-state index contributed by atoms with van der Waals surface area (Å²) in [5, 5.41) is 10.1. The van der Waals surface area contributed by atoms with Gasteiger partial charge in [0.05, 0.1) is 21.6 Å². The highest BCUT2D eigenvalue weighted by Crippen LogP contribution is 2.35. The van der Waals surface area contributed by atoms with Gasteiger partial charge in [0.25, 0.3) is 0 Å². The van der Waals surface area contributed by atoms with Crippen LogP contribution in [0.3, 0.4) is 0 Å². The number of methoxy groups -OCH3 is 1. The normalized spacial score (nSPS) is 31.9. The molecule has 14 heavy (non-hydrogen) atoms. The van der Waals surface area contributed by atoms with E-state index in [1.54, 1.807) is 13.0 Å². The fourth-order valence-electron chi connectivity index (χ4n) is 1.03. The molecule has 2 atom stereocenters. The molecule has 0 aromatic heterocycles. The Morgan fingerprint density at radius 2 is 2.36 bits per heavy atom. The Morgan fingerprint density at radius 1 is 1.79 bits per heavy atom. The molecule has 1 aliphatic carbocycles. The molecule has 0 amide bonds. The number of halogens is 2. The Hall–Kier alpha value is -0.0700. The lowest BCUT2D eigenvalue weighted by Crippen LogP contribution is -2.37. The van der Waals surface area contributed by atoms with Crippen LogP contribution in [0.25, 0.3) is 0 Å². The van der Waals surface area contributed by atoms with Crippen LogP contribution in [0.4, 0.5) is 0 Å². The number of esters is 1. The van der Waals surface area contributed by atoms with Gasteiger partial charge in [-0.25, -0.2) is 4.79 Å². The van der Waals surface area contributed by atoms with Crippen molar-refractivity contribution in [2.24, 2.45) is 0 Å². The SMILES string of the molecule is COC(=O)C1=CC(I)C(C)(O)C(Cl)=C1. The van der Waals surface area contributed by atoms with Crippen molar-refractivity contribution in [2.45, 2.75) is 16.4 Å². The Labute approximate surface area is 101 Å². The van der Waals surface area contributed by atoms with Crippen molar-refractivity contribution in [3.63, 3.8) is 0 Å². The minimum absolute atomic E-state index is 0.244. The largest absolute Gasteiger partial charge is 0.465 e. The summed E-state index contributed by atoms with van der Waals surface area (Å²) < 4.78 is 4.32. The van der Waals surface area contributed by atoms with E-state index in [0.717, 1.165) is 0 Å². The highest BCUT2D eigenvalue weighted by molar-refractivity contribution is 14.1. The summed E-state index contributed by atoms with van der Waals surface area (Å²) in [5.41, 5.74) is -0.733. The number of hydrogen-bond donors (Lipinski definition) is 1. The molecular formula is C9H10ClIO3. The van der Waals surface area contributed by atoms with Gasteiger partial charge >= 0.3 is 5.97 Å². The standard InChI is InChI=1S/C9H10ClIO3/c1-9(13)6(10)3-5(4-7(9)11)8(12)14-2/h3-4,7,13H,1-2H3. The summed E-state index contributed by atoms with van der Waals surface area (Å²) >= 11 is 7.88. The van der Waals surface area contributed by atoms with Crippen LogP contribution in [0.2, 0.25) is 0 Å². The number of carbonyl (C=O) groups is 1. The molecule has 1 rings (SSSR count). The van der Waals surface area contributed by atoms with Crippen molar-refractivity contribution >= 4 is 40.2 Å². The first-order valence-electron chi connectivity index (χ1n) is 3.94. The second kappa shape index (κ2) is 4.20. The molecule has 0 fully saturated rings. The minimum atomic E-state index is -1.11. The molecule has 1 N–H and O–H groups in total. The van der Waals surface area contributed by atoms with E-state index < -0.39 is 11.6 Å². The number of ether oxygens (including phenoxy) is 1. The van der Waals surface area contributed by atoms with E-state index >= 15 is 0 Å². The van der Waals surface area contributed by atoms with Crippen molar-refractivity contribution in [2.75, 3.05) is 7.11 Å². The molecule has 2 unspecified atom stereocenters. The van der Waals surface area contributed by atoms with Gasteiger partial charge in [0.15, 0.2) is 0 Å². The van der Waals surface area contributed by atoms with Gasteiger partial charge < -0.3 is 9.84 Å². The van der Waals surface area contributed by atoms with Gasteiger partial charge in [0.1, 0.15) is 5.60 Å². The molecule has 5 heteroatoms. The van der Waals surface area contributed by atoms with Gasteiger partial charge in [-0.15, -0.1) is 0 Å². The van der Waals surface area contributed by atoms with Crippen LogP contribution in [-0.4, -0.2) is 27.7 Å². The lowest BCUT2D eigenvalue weighted by Gasteiger charge is -2.30. The second-order valence-corrected chi connectivity index (χ2v) is 4.90. The average molecular weight is 329 g/mol. The summed E-state index contributed by atoms with van der Waals surface area (Å²) in [5.74, 6) is -0.444. The number of carbonyl (C=O) groups excluding carboxylic acids is 1. The summed E-state index contributed by atoms with van der Waals surface area (Å²) in [4.78, 5) is 11.2. The molecule has 0 aromatic rings. The molecule has 0 spiro atoms. The smallest absolute Gasteiger partial charge is 0.337 e. The zero-order valence-corrected chi connectivity index (χ0v) is 10.7. The van der Waals surface area contributed by atoms with E-state index in [2.05, 4.69) is 4.74 Å². The second-order valence-electron chi connectivity index (χ2n) is 3.16. The molecule has 78 valence electrons. The third-order valence-corrected chi connectivity index (χ3v) is 4.11. The van der Waals surface area contributed by atoms with Crippen LogP contribution in [0.15, 0.2) is 22.8 Å². The molecular weight excluding hydrogens is 318 g/mol. The summed E-state index contributed by atoms with van der Waals surface area (Å²) in [6.07, 6.45) is 3.07. The zero-order valence-electron chi connectivity index (χ0n) is 7.75. The topological polar surface area (TPSA) is 46.5 Å². The third kappa shape index (κ3) is 2.12. The molecule has 0 aliphatic heterocycles. The lowest BCUT2D eigenvalue weighted by molar-refractivity contribution is -0.135. The summed E-state index contributed by atoms with van der Waals surface area (Å²) in [6.45, 7) is 1.60. The fraction of sp³-hybridized carbons (Fsp3) is 0.444. The molecule has 0 saturated heterocycles. The van der Waals surface area contributed by atoms with Crippen molar-refractivity contribution in [1.29, 1.82) is 0 Å². The van der Waals surface area contributed by atoms with E-state index in [9.17, 15) is 9.90 Å². The first-order chi connectivity index (χ1) is 6.39. The highest BCUT2D eigenvalue weighted by atomic mass is 127. The van der Waals surface area contributed by atoms with Crippen LogP contribution >= 0.6 is 34.2 Å². The molecule has 1 aliphatic rings. The van der Waals surface area contributed by atoms with E-state index in [-0.39, 0.29) is 8.96 Å². The maximum atomic E-state index is 11.2. The van der Waals surface area contributed by atoms with Crippen molar-refractivity contribution in [3.05, 3.63) is 22.8 Å². The Bertz CT molecular complexity index is 320. The predicted octanol–water partition coefficient (Wildman–Crippen LogP) is 1.78. The quantitative estimate of drug-likeness (QED) is 0.453. The van der Waals surface area contributed by atoms with Crippen molar-refractivity contribution in [3.8, 4) is 0 Å². The van der Waals surface area contributed by atoms with Gasteiger partial charge in [-0.3, -0.25) is 0 Å². The molecule has 0 aromatic carbocycles. The van der Waals surface area contributed by atoms with E-state index in [0.29, 0.717) is 5.57 Å². The fourth-order valence-corrected chi connectivity index (χ4v) is 2.17. The maximum Gasteiger partial charge on any atom is 0.337 e. The maximum absolute atomic E-state index is 11.2. The Morgan fingerprint density at radius 3 is 2.79 bits per heavy atom. The number of aliphatic hydroxyl groups is 1. The van der Waals surface area contributed by atoms with Crippen LogP contribution in [0.5, 0.6) is 0 Å². The molecule has 0 saturated carbocycles. The Kier molecular flexibility index (Phi) is 3.60. The average Bonchev–Trinajstić information content (AvgIpc) is 2.13. The van der Waals surface area contributed by atoms with E-state index in [1.807, 2.05) is 22.6 Å². The predicted molar refractivity (Wildman–Crippen MR) is 62.5 cm³/mol. The zero-order chi connectivity index (χ0) is 10.9.